The van der Waals surface area contributed by atoms with Crippen molar-refractivity contribution in [1.82, 2.24) is 0 Å². The van der Waals surface area contributed by atoms with Gasteiger partial charge in [-0.2, -0.15) is 13.2 Å². The van der Waals surface area contributed by atoms with Crippen LogP contribution in [0.2, 0.25) is 0 Å². The van der Waals surface area contributed by atoms with Crippen LogP contribution in [-0.2, 0) is 0 Å². The van der Waals surface area contributed by atoms with Crippen molar-refractivity contribution in [3.8, 4) is 0 Å². The van der Waals surface area contributed by atoms with Gasteiger partial charge in [-0.05, 0) is 11.8 Å². The second kappa shape index (κ2) is 3.81. The molecule has 0 N–H and O–H groups in total. The highest BCUT2D eigenvalue weighted by Crippen LogP contribution is 2.36. The summed E-state index contributed by atoms with van der Waals surface area (Å²) in [6.45, 7) is 1.78. The molecule has 0 bridgehead atoms. The third kappa shape index (κ3) is 3.71. The fourth-order valence-corrected chi connectivity index (χ4v) is 0.869. The molecule has 0 aliphatic carbocycles. The van der Waals surface area contributed by atoms with Gasteiger partial charge in [0.05, 0.1) is 0 Å². The SMILES string of the molecule is C=S(C=CCC)C(F)(F)F. The quantitative estimate of drug-likeness (QED) is 0.558. The predicted molar refractivity (Wildman–Crippen MR) is 40.2 cm³/mol. The molecule has 10 heavy (non-hydrogen) atoms. The van der Waals surface area contributed by atoms with Gasteiger partial charge in [0, 0.05) is 0 Å². The Hall–Kier alpha value is -0.250. The van der Waals surface area contributed by atoms with Crippen LogP contribution in [-0.4, -0.2) is 11.4 Å². The van der Waals surface area contributed by atoms with Crippen molar-refractivity contribution in [3.63, 3.8) is 0 Å². The van der Waals surface area contributed by atoms with Gasteiger partial charge in [-0.3, -0.25) is 0 Å². The van der Waals surface area contributed by atoms with Crippen LogP contribution in [0.15, 0.2) is 11.5 Å². The minimum atomic E-state index is -4.16. The Morgan fingerprint density at radius 1 is 1.50 bits per heavy atom. The molecule has 0 fully saturated rings. The molecule has 0 nitrogen and oxygen atoms in total. The molecule has 0 rings (SSSR count). The zero-order chi connectivity index (χ0) is 8.20. The normalized spacial score (nSPS) is 16.0. The van der Waals surface area contributed by atoms with Crippen LogP contribution in [0.1, 0.15) is 13.3 Å². The number of alkyl halides is 3. The molecule has 1 atom stereocenters. The van der Waals surface area contributed by atoms with E-state index in [4.69, 9.17) is 0 Å². The number of hydrogen-bond acceptors (Lipinski definition) is 0. The molecule has 0 saturated carbocycles. The summed E-state index contributed by atoms with van der Waals surface area (Å²) < 4.78 is 35.0. The van der Waals surface area contributed by atoms with E-state index in [1.807, 2.05) is 0 Å². The lowest BCUT2D eigenvalue weighted by molar-refractivity contribution is -0.0325. The Balaban J connectivity index is 3.98. The van der Waals surface area contributed by atoms with Crippen molar-refractivity contribution in [1.29, 1.82) is 0 Å². The van der Waals surface area contributed by atoms with Crippen molar-refractivity contribution < 1.29 is 13.2 Å². The lowest BCUT2D eigenvalue weighted by atomic mass is 10.5. The maximum atomic E-state index is 11.7. The third-order valence-electron chi connectivity index (χ3n) is 0.793. The summed E-state index contributed by atoms with van der Waals surface area (Å²) in [7, 11) is -1.82. The van der Waals surface area contributed by atoms with Crippen molar-refractivity contribution in [3.05, 3.63) is 11.5 Å². The summed E-state index contributed by atoms with van der Waals surface area (Å²) in [5.41, 5.74) is -4.16. The van der Waals surface area contributed by atoms with Crippen LogP contribution in [0.3, 0.4) is 0 Å². The van der Waals surface area contributed by atoms with Crippen LogP contribution in [0.25, 0.3) is 0 Å². The summed E-state index contributed by atoms with van der Waals surface area (Å²) >= 11 is 0. The molecular formula is C6H9F3S. The zero-order valence-corrected chi connectivity index (χ0v) is 6.43. The highest BCUT2D eigenvalue weighted by molar-refractivity contribution is 8.17. The van der Waals surface area contributed by atoms with Crippen LogP contribution in [0, 0.1) is 0 Å². The van der Waals surface area contributed by atoms with Crippen LogP contribution in [0.4, 0.5) is 13.2 Å². The lowest BCUT2D eigenvalue weighted by Crippen LogP contribution is -2.00. The lowest BCUT2D eigenvalue weighted by Gasteiger charge is -2.05. The van der Waals surface area contributed by atoms with Crippen molar-refractivity contribution in [2.24, 2.45) is 0 Å². The summed E-state index contributed by atoms with van der Waals surface area (Å²) in [4.78, 5) is 0. The van der Waals surface area contributed by atoms with E-state index < -0.39 is 16.0 Å². The topological polar surface area (TPSA) is 0 Å². The molecule has 60 valence electrons. The van der Waals surface area contributed by atoms with E-state index in [0.717, 1.165) is 5.41 Å². The van der Waals surface area contributed by atoms with Crippen molar-refractivity contribution >= 4 is 16.4 Å². The number of rotatable bonds is 2. The van der Waals surface area contributed by atoms with Gasteiger partial charge in [0.25, 0.3) is 0 Å². The Kier molecular flexibility index (Phi) is 3.71. The maximum absolute atomic E-state index is 11.7. The molecular weight excluding hydrogens is 161 g/mol. The highest BCUT2D eigenvalue weighted by Gasteiger charge is 2.28. The molecule has 0 aromatic heterocycles. The van der Waals surface area contributed by atoms with Gasteiger partial charge in [0.2, 0.25) is 0 Å². The Morgan fingerprint density at radius 2 is 2.00 bits per heavy atom. The van der Waals surface area contributed by atoms with Crippen LogP contribution < -0.4 is 0 Å². The highest BCUT2D eigenvalue weighted by atomic mass is 32.2. The van der Waals surface area contributed by atoms with Gasteiger partial charge in [-0.15, -0.1) is 0 Å². The van der Waals surface area contributed by atoms with E-state index in [1.54, 1.807) is 6.92 Å². The predicted octanol–water partition coefficient (Wildman–Crippen LogP) is 3.13. The molecule has 0 spiro atoms. The van der Waals surface area contributed by atoms with Crippen molar-refractivity contribution in [2.75, 3.05) is 0 Å². The Bertz CT molecular complexity index is 146. The summed E-state index contributed by atoms with van der Waals surface area (Å²) in [6.07, 6.45) is 2.10. The average Bonchev–Trinajstić information content (AvgIpc) is 1.80. The van der Waals surface area contributed by atoms with Gasteiger partial charge in [-0.25, -0.2) is 0 Å². The minimum absolute atomic E-state index is 0.620. The smallest absolute Gasteiger partial charge is 0.160 e. The van der Waals surface area contributed by atoms with E-state index in [2.05, 4.69) is 5.87 Å². The molecule has 0 amide bonds. The van der Waals surface area contributed by atoms with E-state index in [9.17, 15) is 13.2 Å². The fraction of sp³-hybridized carbons (Fsp3) is 0.500. The number of hydrogen-bond donors (Lipinski definition) is 0. The molecule has 0 saturated heterocycles. The van der Waals surface area contributed by atoms with Crippen LogP contribution >= 0.6 is 10.5 Å². The van der Waals surface area contributed by atoms with Gasteiger partial charge in [0.1, 0.15) is 0 Å². The molecule has 4 heteroatoms. The zero-order valence-electron chi connectivity index (χ0n) is 5.61. The van der Waals surface area contributed by atoms with Gasteiger partial charge in [0.15, 0.2) is 0 Å². The third-order valence-corrected chi connectivity index (χ3v) is 1.91. The number of halogens is 3. The average molecular weight is 170 g/mol. The second-order valence-electron chi connectivity index (χ2n) is 1.65. The monoisotopic (exact) mass is 170 g/mol. The Morgan fingerprint density at radius 3 is 2.30 bits per heavy atom. The summed E-state index contributed by atoms with van der Waals surface area (Å²) in [5.74, 6) is 2.96. The Labute approximate surface area is 60.7 Å². The fourth-order valence-electron chi connectivity index (χ4n) is 0.290. The first-order valence-electron chi connectivity index (χ1n) is 2.74. The molecule has 0 aromatic rings. The summed E-state index contributed by atoms with van der Waals surface area (Å²) in [5, 5.41) is 1.10. The van der Waals surface area contributed by atoms with E-state index in [0.29, 0.717) is 6.42 Å². The van der Waals surface area contributed by atoms with Gasteiger partial charge < -0.3 is 0 Å². The largest absolute Gasteiger partial charge is 0.439 e. The van der Waals surface area contributed by atoms with Gasteiger partial charge in [-0.1, -0.05) is 29.4 Å². The maximum Gasteiger partial charge on any atom is 0.439 e. The molecule has 0 aromatic carbocycles. The van der Waals surface area contributed by atoms with Gasteiger partial charge >= 0.3 is 5.51 Å². The van der Waals surface area contributed by atoms with Crippen LogP contribution in [0.5, 0.6) is 0 Å². The molecule has 0 radical (unpaired) electrons. The van der Waals surface area contributed by atoms with E-state index >= 15 is 0 Å². The first-order chi connectivity index (χ1) is 4.48. The first-order valence-corrected chi connectivity index (χ1v) is 4.20. The first kappa shape index (κ1) is 9.75. The molecule has 1 unspecified atom stereocenters. The standard InChI is InChI=1S/C6H9F3S/c1-3-4-5-10(2)6(7,8)9/h4-5H,2-3H2,1H3. The molecule has 0 heterocycles. The summed E-state index contributed by atoms with van der Waals surface area (Å²) in [6, 6.07) is 0. The van der Waals surface area contributed by atoms with Crippen molar-refractivity contribution in [2.45, 2.75) is 18.9 Å². The number of allylic oxidation sites excluding steroid dienone is 1. The molecule has 0 aliphatic rings. The minimum Gasteiger partial charge on any atom is -0.160 e. The van der Waals surface area contributed by atoms with E-state index in [-0.39, 0.29) is 0 Å². The molecule has 0 aliphatic heterocycles. The second-order valence-corrected chi connectivity index (χ2v) is 3.25. The van der Waals surface area contributed by atoms with E-state index in [1.165, 1.54) is 6.08 Å².